The van der Waals surface area contributed by atoms with Crippen molar-refractivity contribution >= 4 is 11.3 Å². The summed E-state index contributed by atoms with van der Waals surface area (Å²) in [6, 6.07) is 2.15. The number of rotatable bonds is 3. The van der Waals surface area contributed by atoms with Crippen molar-refractivity contribution in [3.8, 4) is 0 Å². The van der Waals surface area contributed by atoms with Gasteiger partial charge in [-0.1, -0.05) is 20.8 Å². The van der Waals surface area contributed by atoms with Crippen molar-refractivity contribution in [1.29, 1.82) is 0 Å². The van der Waals surface area contributed by atoms with Crippen molar-refractivity contribution in [2.45, 2.75) is 32.6 Å². The zero-order chi connectivity index (χ0) is 9.19. The zero-order valence-corrected chi connectivity index (χ0v) is 8.74. The maximum atomic E-state index is 9.19. The molecule has 1 aromatic rings. The molecule has 0 saturated heterocycles. The van der Waals surface area contributed by atoms with Gasteiger partial charge in [-0.05, 0) is 23.4 Å². The summed E-state index contributed by atoms with van der Waals surface area (Å²) >= 11 is 1.75. The average molecular weight is 184 g/mol. The molecule has 2 heteroatoms. The first kappa shape index (κ1) is 9.75. The summed E-state index contributed by atoms with van der Waals surface area (Å²) in [4.78, 5) is 1.33. The molecule has 0 aliphatic carbocycles. The van der Waals surface area contributed by atoms with E-state index in [1.807, 2.05) is 0 Å². The largest absolute Gasteiger partial charge is 0.395 e. The van der Waals surface area contributed by atoms with Crippen LogP contribution in [0, 0.1) is 0 Å². The highest BCUT2D eigenvalue weighted by Gasteiger charge is 2.23. The maximum Gasteiger partial charge on any atom is 0.0530 e. The van der Waals surface area contributed by atoms with Gasteiger partial charge in [-0.2, -0.15) is 0 Å². The topological polar surface area (TPSA) is 20.2 Å². The Labute approximate surface area is 78.1 Å². The van der Waals surface area contributed by atoms with Crippen LogP contribution in [0.25, 0.3) is 0 Å². The fraction of sp³-hybridized carbons (Fsp3) is 0.600. The van der Waals surface area contributed by atoms with Gasteiger partial charge >= 0.3 is 0 Å². The third-order valence-electron chi connectivity index (χ3n) is 2.14. The Bertz CT molecular complexity index is 250. The van der Waals surface area contributed by atoms with Gasteiger partial charge in [0.05, 0.1) is 6.61 Å². The van der Waals surface area contributed by atoms with E-state index in [1.165, 1.54) is 10.4 Å². The fourth-order valence-corrected chi connectivity index (χ4v) is 2.40. The van der Waals surface area contributed by atoms with Gasteiger partial charge in [0.25, 0.3) is 0 Å². The minimum Gasteiger partial charge on any atom is -0.395 e. The first-order valence-electron chi connectivity index (χ1n) is 4.29. The Balaban J connectivity index is 3.00. The molecule has 0 aliphatic rings. The highest BCUT2D eigenvalue weighted by atomic mass is 32.1. The molecule has 0 aliphatic heterocycles. The molecule has 12 heavy (non-hydrogen) atoms. The van der Waals surface area contributed by atoms with Crippen LogP contribution in [-0.2, 0) is 11.8 Å². The Morgan fingerprint density at radius 3 is 2.67 bits per heavy atom. The van der Waals surface area contributed by atoms with E-state index in [-0.39, 0.29) is 12.0 Å². The second-order valence-electron chi connectivity index (χ2n) is 3.67. The van der Waals surface area contributed by atoms with Crippen molar-refractivity contribution in [1.82, 2.24) is 0 Å². The molecule has 0 atom stereocenters. The second-order valence-corrected chi connectivity index (χ2v) is 4.59. The molecule has 68 valence electrons. The lowest BCUT2D eigenvalue weighted by molar-refractivity contribution is 0.220. The van der Waals surface area contributed by atoms with Crippen LogP contribution in [0.15, 0.2) is 11.4 Å². The van der Waals surface area contributed by atoms with Gasteiger partial charge in [-0.15, -0.1) is 11.3 Å². The number of aryl methyl sites for hydroxylation is 1. The number of hydrogen-bond donors (Lipinski definition) is 1. The van der Waals surface area contributed by atoms with Crippen molar-refractivity contribution in [2.24, 2.45) is 0 Å². The zero-order valence-electron chi connectivity index (χ0n) is 7.92. The van der Waals surface area contributed by atoms with Crippen LogP contribution < -0.4 is 0 Å². The van der Waals surface area contributed by atoms with Gasteiger partial charge in [-0.25, -0.2) is 0 Å². The predicted molar refractivity (Wildman–Crippen MR) is 53.8 cm³/mol. The number of thiophene rings is 1. The van der Waals surface area contributed by atoms with E-state index in [4.69, 9.17) is 0 Å². The Morgan fingerprint density at radius 1 is 1.50 bits per heavy atom. The number of aliphatic hydroxyl groups is 1. The van der Waals surface area contributed by atoms with E-state index in [2.05, 4.69) is 32.2 Å². The van der Waals surface area contributed by atoms with Crippen LogP contribution in [0.2, 0.25) is 0 Å². The average Bonchev–Trinajstić information content (AvgIpc) is 2.52. The molecule has 0 radical (unpaired) electrons. The van der Waals surface area contributed by atoms with E-state index in [0.29, 0.717) is 0 Å². The minimum absolute atomic E-state index is 0.0699. The lowest BCUT2D eigenvalue weighted by Gasteiger charge is -2.21. The van der Waals surface area contributed by atoms with E-state index in [9.17, 15) is 5.11 Å². The standard InChI is InChI=1S/C10H16OS/c1-4-8-5-6-12-9(8)10(2,3)7-11/h5-6,11H,4,7H2,1-3H3. The molecule has 1 rings (SSSR count). The van der Waals surface area contributed by atoms with Gasteiger partial charge in [0.15, 0.2) is 0 Å². The molecule has 1 aromatic heterocycles. The summed E-state index contributed by atoms with van der Waals surface area (Å²) in [7, 11) is 0. The molecular formula is C10H16OS. The molecule has 0 unspecified atom stereocenters. The SMILES string of the molecule is CCc1ccsc1C(C)(C)CO. The Hall–Kier alpha value is -0.340. The monoisotopic (exact) mass is 184 g/mol. The molecular weight excluding hydrogens is 168 g/mol. The maximum absolute atomic E-state index is 9.19. The number of hydrogen-bond acceptors (Lipinski definition) is 2. The van der Waals surface area contributed by atoms with E-state index < -0.39 is 0 Å². The molecule has 0 aromatic carbocycles. The second kappa shape index (κ2) is 3.58. The summed E-state index contributed by atoms with van der Waals surface area (Å²) in [5.74, 6) is 0. The van der Waals surface area contributed by atoms with Crippen LogP contribution in [-0.4, -0.2) is 11.7 Å². The summed E-state index contributed by atoms with van der Waals surface area (Å²) in [5, 5.41) is 11.3. The molecule has 0 saturated carbocycles. The highest BCUT2D eigenvalue weighted by Crippen LogP contribution is 2.31. The van der Waals surface area contributed by atoms with Crippen molar-refractivity contribution in [3.63, 3.8) is 0 Å². The third kappa shape index (κ3) is 1.70. The fourth-order valence-electron chi connectivity index (χ4n) is 1.28. The van der Waals surface area contributed by atoms with Gasteiger partial charge in [-0.3, -0.25) is 0 Å². The summed E-state index contributed by atoms with van der Waals surface area (Å²) < 4.78 is 0. The molecule has 0 fully saturated rings. The lowest BCUT2D eigenvalue weighted by Crippen LogP contribution is -2.21. The molecule has 0 amide bonds. The van der Waals surface area contributed by atoms with E-state index in [0.717, 1.165) is 6.42 Å². The smallest absolute Gasteiger partial charge is 0.0530 e. The van der Waals surface area contributed by atoms with E-state index in [1.54, 1.807) is 11.3 Å². The van der Waals surface area contributed by atoms with Crippen molar-refractivity contribution in [3.05, 3.63) is 21.9 Å². The molecule has 0 bridgehead atoms. The molecule has 0 spiro atoms. The van der Waals surface area contributed by atoms with Crippen molar-refractivity contribution in [2.75, 3.05) is 6.61 Å². The Morgan fingerprint density at radius 2 is 2.17 bits per heavy atom. The Kier molecular flexibility index (Phi) is 2.91. The molecule has 1 N–H and O–H groups in total. The molecule has 1 nitrogen and oxygen atoms in total. The summed E-state index contributed by atoms with van der Waals surface area (Å²) in [5.41, 5.74) is 1.30. The van der Waals surface area contributed by atoms with Crippen LogP contribution in [0.5, 0.6) is 0 Å². The van der Waals surface area contributed by atoms with Crippen molar-refractivity contribution < 1.29 is 5.11 Å². The van der Waals surface area contributed by atoms with E-state index >= 15 is 0 Å². The molecule has 1 heterocycles. The minimum atomic E-state index is -0.0699. The normalized spacial score (nSPS) is 12.0. The first-order valence-corrected chi connectivity index (χ1v) is 5.17. The van der Waals surface area contributed by atoms with Gasteiger partial charge < -0.3 is 5.11 Å². The van der Waals surface area contributed by atoms with Gasteiger partial charge in [0, 0.05) is 10.3 Å². The van der Waals surface area contributed by atoms with Gasteiger partial charge in [0.1, 0.15) is 0 Å². The van der Waals surface area contributed by atoms with Crippen LogP contribution in [0.3, 0.4) is 0 Å². The third-order valence-corrected chi connectivity index (χ3v) is 3.46. The summed E-state index contributed by atoms with van der Waals surface area (Å²) in [6.07, 6.45) is 1.06. The van der Waals surface area contributed by atoms with Crippen LogP contribution in [0.4, 0.5) is 0 Å². The van der Waals surface area contributed by atoms with Crippen LogP contribution in [0.1, 0.15) is 31.2 Å². The summed E-state index contributed by atoms with van der Waals surface area (Å²) in [6.45, 7) is 6.54. The quantitative estimate of drug-likeness (QED) is 0.765. The highest BCUT2D eigenvalue weighted by molar-refractivity contribution is 7.10. The predicted octanol–water partition coefficient (Wildman–Crippen LogP) is 2.58. The van der Waals surface area contributed by atoms with Crippen LogP contribution >= 0.6 is 11.3 Å². The van der Waals surface area contributed by atoms with Gasteiger partial charge in [0.2, 0.25) is 0 Å². The lowest BCUT2D eigenvalue weighted by atomic mass is 9.89. The first-order chi connectivity index (χ1) is 5.61. The number of aliphatic hydroxyl groups excluding tert-OH is 1.